The quantitative estimate of drug-likeness (QED) is 0.644. The van der Waals surface area contributed by atoms with Crippen LogP contribution in [0.5, 0.6) is 0 Å². The smallest absolute Gasteiger partial charge is 0.224 e. The van der Waals surface area contributed by atoms with Gasteiger partial charge in [-0.15, -0.1) is 11.8 Å². The van der Waals surface area contributed by atoms with Gasteiger partial charge in [-0.25, -0.2) is 0 Å². The third kappa shape index (κ3) is 3.17. The molecule has 1 amide bonds. The molecule has 1 aromatic rings. The van der Waals surface area contributed by atoms with Crippen molar-refractivity contribution in [2.75, 3.05) is 37.4 Å². The van der Waals surface area contributed by atoms with Crippen molar-refractivity contribution in [3.8, 4) is 0 Å². The normalized spacial score (nSPS) is 14.5. The largest absolute Gasteiger partial charge is 0.398 e. The van der Waals surface area contributed by atoms with Crippen LogP contribution >= 0.6 is 11.8 Å². The van der Waals surface area contributed by atoms with E-state index >= 15 is 0 Å². The molecule has 0 bridgehead atoms. The van der Waals surface area contributed by atoms with E-state index in [-0.39, 0.29) is 5.91 Å². The number of rotatable bonds is 4. The molecule has 2 rings (SSSR count). The highest BCUT2D eigenvalue weighted by Crippen LogP contribution is 2.33. The van der Waals surface area contributed by atoms with Gasteiger partial charge in [-0.2, -0.15) is 0 Å². The van der Waals surface area contributed by atoms with E-state index in [1.807, 2.05) is 6.07 Å². The van der Waals surface area contributed by atoms with Gasteiger partial charge in [0.2, 0.25) is 5.91 Å². The van der Waals surface area contributed by atoms with E-state index in [0.717, 1.165) is 35.0 Å². The number of amides is 1. The summed E-state index contributed by atoms with van der Waals surface area (Å²) in [7, 11) is 4.12. The lowest BCUT2D eigenvalue weighted by Crippen LogP contribution is -2.19. The van der Waals surface area contributed by atoms with Crippen molar-refractivity contribution >= 4 is 29.0 Å². The summed E-state index contributed by atoms with van der Waals surface area (Å²) < 4.78 is 0. The number of hydrogen-bond acceptors (Lipinski definition) is 4. The first kappa shape index (κ1) is 13.2. The number of benzene rings is 1. The number of carbonyl (C=O) groups excluding carboxylic acids is 1. The van der Waals surface area contributed by atoms with Gasteiger partial charge >= 0.3 is 0 Å². The molecule has 0 fully saturated rings. The second kappa shape index (κ2) is 5.63. The molecule has 0 spiro atoms. The Bertz CT molecular complexity index is 460. The van der Waals surface area contributed by atoms with E-state index in [0.29, 0.717) is 6.42 Å². The summed E-state index contributed by atoms with van der Waals surface area (Å²) >= 11 is 1.77. The molecule has 18 heavy (non-hydrogen) atoms. The van der Waals surface area contributed by atoms with Crippen LogP contribution in [0.3, 0.4) is 0 Å². The molecule has 1 aliphatic heterocycles. The van der Waals surface area contributed by atoms with Crippen LogP contribution < -0.4 is 11.1 Å². The number of nitrogens with two attached hydrogens (primary N) is 1. The molecule has 1 aromatic carbocycles. The lowest BCUT2D eigenvalue weighted by Gasteiger charge is -2.19. The number of carbonyl (C=O) groups is 1. The summed E-state index contributed by atoms with van der Waals surface area (Å²) in [5.74, 6) is 1.09. The lowest BCUT2D eigenvalue weighted by atomic mass is 10.0. The van der Waals surface area contributed by atoms with E-state index in [1.165, 1.54) is 5.56 Å². The zero-order chi connectivity index (χ0) is 13.1. The molecule has 0 saturated carbocycles. The second-order valence-electron chi connectivity index (χ2n) is 4.75. The zero-order valence-corrected chi connectivity index (χ0v) is 11.6. The standard InChI is InChI=1S/C13H19N3OS/c1-16(2)5-6-18-12-7-9-3-4-13(17)15-11(9)8-10(12)14/h7-8H,3-6,14H2,1-2H3,(H,15,17). The first-order valence-electron chi connectivity index (χ1n) is 6.06. The maximum atomic E-state index is 11.3. The monoisotopic (exact) mass is 265 g/mol. The Kier molecular flexibility index (Phi) is 4.14. The Morgan fingerprint density at radius 1 is 1.39 bits per heavy atom. The minimum Gasteiger partial charge on any atom is -0.398 e. The van der Waals surface area contributed by atoms with Gasteiger partial charge < -0.3 is 16.0 Å². The molecule has 0 unspecified atom stereocenters. The van der Waals surface area contributed by atoms with Crippen LogP contribution in [0, 0.1) is 0 Å². The third-order valence-corrected chi connectivity index (χ3v) is 3.98. The summed E-state index contributed by atoms with van der Waals surface area (Å²) in [5.41, 5.74) is 8.84. The Balaban J connectivity index is 2.10. The Morgan fingerprint density at radius 3 is 2.89 bits per heavy atom. The average Bonchev–Trinajstić information content (AvgIpc) is 2.29. The summed E-state index contributed by atoms with van der Waals surface area (Å²) in [6.45, 7) is 1.03. The van der Waals surface area contributed by atoms with E-state index in [9.17, 15) is 4.79 Å². The van der Waals surface area contributed by atoms with Crippen molar-refractivity contribution in [3.63, 3.8) is 0 Å². The molecule has 3 N–H and O–H groups in total. The van der Waals surface area contributed by atoms with E-state index in [2.05, 4.69) is 30.4 Å². The SMILES string of the molecule is CN(C)CCSc1cc2c(cc1N)NC(=O)CC2. The Morgan fingerprint density at radius 2 is 2.17 bits per heavy atom. The highest BCUT2D eigenvalue weighted by Gasteiger charge is 2.16. The number of hydrogen-bond donors (Lipinski definition) is 2. The summed E-state index contributed by atoms with van der Waals surface area (Å²) in [4.78, 5) is 14.6. The van der Waals surface area contributed by atoms with Gasteiger partial charge in [-0.3, -0.25) is 4.79 Å². The van der Waals surface area contributed by atoms with Crippen LogP contribution in [-0.4, -0.2) is 37.2 Å². The number of nitrogen functional groups attached to an aromatic ring is 1. The fourth-order valence-electron chi connectivity index (χ4n) is 1.89. The molecule has 4 nitrogen and oxygen atoms in total. The summed E-state index contributed by atoms with van der Waals surface area (Å²) in [6, 6.07) is 3.99. The van der Waals surface area contributed by atoms with Crippen molar-refractivity contribution in [2.24, 2.45) is 0 Å². The first-order valence-corrected chi connectivity index (χ1v) is 7.04. The second-order valence-corrected chi connectivity index (χ2v) is 5.88. The number of nitrogens with one attached hydrogen (secondary N) is 1. The summed E-state index contributed by atoms with van der Waals surface area (Å²) in [6.07, 6.45) is 1.38. The summed E-state index contributed by atoms with van der Waals surface area (Å²) in [5, 5.41) is 2.87. The zero-order valence-electron chi connectivity index (χ0n) is 10.8. The van der Waals surface area contributed by atoms with Crippen molar-refractivity contribution in [1.29, 1.82) is 0 Å². The van der Waals surface area contributed by atoms with Crippen molar-refractivity contribution < 1.29 is 4.79 Å². The van der Waals surface area contributed by atoms with Crippen LogP contribution in [-0.2, 0) is 11.2 Å². The molecule has 0 saturated heterocycles. The van der Waals surface area contributed by atoms with E-state index in [1.54, 1.807) is 11.8 Å². The Hall–Kier alpha value is -1.20. The van der Waals surface area contributed by atoms with Gasteiger partial charge in [-0.05, 0) is 38.2 Å². The molecule has 0 atom stereocenters. The molecule has 98 valence electrons. The molecule has 0 aromatic heterocycles. The topological polar surface area (TPSA) is 58.4 Å². The minimum absolute atomic E-state index is 0.0786. The van der Waals surface area contributed by atoms with Crippen molar-refractivity contribution in [1.82, 2.24) is 4.90 Å². The van der Waals surface area contributed by atoms with Gasteiger partial charge in [-0.1, -0.05) is 0 Å². The van der Waals surface area contributed by atoms with E-state index in [4.69, 9.17) is 5.73 Å². The predicted octanol–water partition coefficient (Wildman–Crippen LogP) is 1.81. The maximum Gasteiger partial charge on any atom is 0.224 e. The van der Waals surface area contributed by atoms with Gasteiger partial charge in [0.05, 0.1) is 0 Å². The number of thioether (sulfide) groups is 1. The molecule has 1 aliphatic rings. The first-order chi connectivity index (χ1) is 8.56. The highest BCUT2D eigenvalue weighted by atomic mass is 32.2. The molecular formula is C13H19N3OS. The predicted molar refractivity (Wildman–Crippen MR) is 77.1 cm³/mol. The van der Waals surface area contributed by atoms with Crippen LogP contribution in [0.15, 0.2) is 17.0 Å². The maximum absolute atomic E-state index is 11.3. The average molecular weight is 265 g/mol. The molecule has 1 heterocycles. The molecule has 0 radical (unpaired) electrons. The van der Waals surface area contributed by atoms with Gasteiger partial charge in [0.15, 0.2) is 0 Å². The number of fused-ring (bicyclic) bond motifs is 1. The minimum atomic E-state index is 0.0786. The van der Waals surface area contributed by atoms with Gasteiger partial charge in [0.1, 0.15) is 0 Å². The highest BCUT2D eigenvalue weighted by molar-refractivity contribution is 7.99. The lowest BCUT2D eigenvalue weighted by molar-refractivity contribution is -0.116. The molecule has 5 heteroatoms. The fraction of sp³-hybridized carbons (Fsp3) is 0.462. The fourth-order valence-corrected chi connectivity index (χ4v) is 3.01. The molecule has 0 aliphatic carbocycles. The third-order valence-electron chi connectivity index (χ3n) is 2.93. The van der Waals surface area contributed by atoms with Crippen LogP contribution in [0.2, 0.25) is 0 Å². The molecular weight excluding hydrogens is 246 g/mol. The van der Waals surface area contributed by atoms with Crippen molar-refractivity contribution in [3.05, 3.63) is 17.7 Å². The number of anilines is 2. The number of nitrogens with zero attached hydrogens (tertiary/aromatic N) is 1. The van der Waals surface area contributed by atoms with Gasteiger partial charge in [0, 0.05) is 35.0 Å². The van der Waals surface area contributed by atoms with E-state index < -0.39 is 0 Å². The van der Waals surface area contributed by atoms with Crippen molar-refractivity contribution in [2.45, 2.75) is 17.7 Å². The van der Waals surface area contributed by atoms with Crippen LogP contribution in [0.4, 0.5) is 11.4 Å². The van der Waals surface area contributed by atoms with Gasteiger partial charge in [0.25, 0.3) is 0 Å². The van der Waals surface area contributed by atoms with Crippen LogP contribution in [0.25, 0.3) is 0 Å². The number of aryl methyl sites for hydroxylation is 1. The Labute approximate surface area is 112 Å². The van der Waals surface area contributed by atoms with Crippen LogP contribution in [0.1, 0.15) is 12.0 Å².